The van der Waals surface area contributed by atoms with E-state index in [0.717, 1.165) is 10.3 Å². The van der Waals surface area contributed by atoms with Crippen LogP contribution in [-0.2, 0) is 0 Å². The number of hydrogen-bond donors (Lipinski definition) is 1. The zero-order valence-electron chi connectivity index (χ0n) is 15.5. The molecule has 0 saturated heterocycles. The van der Waals surface area contributed by atoms with Crippen LogP contribution < -0.4 is 10.2 Å². The maximum absolute atomic E-state index is 12.8. The predicted octanol–water partition coefficient (Wildman–Crippen LogP) is 5.33. The van der Waals surface area contributed by atoms with Crippen molar-refractivity contribution in [2.75, 3.05) is 0 Å². The second-order valence-corrected chi connectivity index (χ2v) is 7.14. The molecule has 0 aliphatic carbocycles. The van der Waals surface area contributed by atoms with Gasteiger partial charge in [-0.1, -0.05) is 24.3 Å². The summed E-state index contributed by atoms with van der Waals surface area (Å²) in [6.45, 7) is -2.88. The van der Waals surface area contributed by atoms with E-state index in [2.05, 4.69) is 20.2 Å². The van der Waals surface area contributed by atoms with Gasteiger partial charge in [-0.25, -0.2) is 10.4 Å². The number of rotatable bonds is 6. The molecule has 2 aromatic heterocycles. The van der Waals surface area contributed by atoms with Crippen molar-refractivity contribution in [1.29, 1.82) is 0 Å². The molecule has 5 nitrogen and oxygen atoms in total. The summed E-state index contributed by atoms with van der Waals surface area (Å²) in [4.78, 5) is 18.4. The van der Waals surface area contributed by atoms with Gasteiger partial charge in [0.2, 0.25) is 0 Å². The molecule has 2 heterocycles. The Morgan fingerprint density at radius 2 is 1.90 bits per heavy atom. The van der Waals surface area contributed by atoms with Crippen LogP contribution in [0, 0.1) is 0 Å². The second kappa shape index (κ2) is 8.79. The van der Waals surface area contributed by atoms with Crippen LogP contribution in [0.15, 0.2) is 77.2 Å². The van der Waals surface area contributed by atoms with Gasteiger partial charge in [0, 0.05) is 5.39 Å². The van der Waals surface area contributed by atoms with E-state index in [4.69, 9.17) is 0 Å². The molecule has 8 heteroatoms. The van der Waals surface area contributed by atoms with Gasteiger partial charge in [-0.3, -0.25) is 4.79 Å². The third-order valence-electron chi connectivity index (χ3n) is 4.22. The smallest absolute Gasteiger partial charge is 0.387 e. The number of nitrogens with zero attached hydrogens (tertiary/aromatic N) is 2. The highest BCUT2D eigenvalue weighted by atomic mass is 32.1. The Kier molecular flexibility index (Phi) is 5.76. The van der Waals surface area contributed by atoms with Crippen LogP contribution >= 0.6 is 11.3 Å². The molecule has 0 bridgehead atoms. The Balaban J connectivity index is 1.55. The first kappa shape index (κ1) is 19.7. The molecular formula is C22H15F2N3O2S. The second-order valence-electron chi connectivity index (χ2n) is 6.20. The molecule has 150 valence electrons. The van der Waals surface area contributed by atoms with Crippen molar-refractivity contribution in [3.63, 3.8) is 0 Å². The van der Waals surface area contributed by atoms with Crippen molar-refractivity contribution in [2.45, 2.75) is 6.61 Å². The number of para-hydroxylation sites is 1. The molecule has 0 aliphatic rings. The molecule has 1 N–H and O–H groups in total. The topological polar surface area (TPSA) is 63.6 Å². The van der Waals surface area contributed by atoms with Crippen molar-refractivity contribution in [3.05, 3.63) is 83.2 Å². The van der Waals surface area contributed by atoms with E-state index in [1.54, 1.807) is 29.5 Å². The summed E-state index contributed by atoms with van der Waals surface area (Å²) >= 11 is 1.54. The third kappa shape index (κ3) is 4.49. The number of alkyl halides is 2. The number of hydrazone groups is 1. The van der Waals surface area contributed by atoms with Gasteiger partial charge in [0.1, 0.15) is 5.75 Å². The van der Waals surface area contributed by atoms with E-state index < -0.39 is 6.61 Å². The van der Waals surface area contributed by atoms with E-state index in [1.165, 1.54) is 18.3 Å². The summed E-state index contributed by atoms with van der Waals surface area (Å²) in [6, 6.07) is 19.0. The highest BCUT2D eigenvalue weighted by molar-refractivity contribution is 7.13. The molecule has 2 aromatic carbocycles. The normalized spacial score (nSPS) is 11.3. The zero-order chi connectivity index (χ0) is 20.9. The zero-order valence-corrected chi connectivity index (χ0v) is 16.3. The number of benzene rings is 2. The number of halogens is 2. The first-order valence-corrected chi connectivity index (χ1v) is 9.80. The van der Waals surface area contributed by atoms with Crippen molar-refractivity contribution in [3.8, 4) is 16.3 Å². The molecule has 0 unspecified atom stereocenters. The van der Waals surface area contributed by atoms with Crippen LogP contribution in [0.1, 0.15) is 15.9 Å². The van der Waals surface area contributed by atoms with E-state index >= 15 is 0 Å². The average Bonchev–Trinajstić information content (AvgIpc) is 3.29. The van der Waals surface area contributed by atoms with Crippen LogP contribution in [0.25, 0.3) is 21.5 Å². The van der Waals surface area contributed by atoms with Gasteiger partial charge in [0.25, 0.3) is 5.91 Å². The van der Waals surface area contributed by atoms with Crippen molar-refractivity contribution in [1.82, 2.24) is 10.4 Å². The third-order valence-corrected chi connectivity index (χ3v) is 5.11. The number of aromatic nitrogens is 1. The Hall–Kier alpha value is -3.65. The lowest BCUT2D eigenvalue weighted by Gasteiger charge is -2.08. The standard InChI is InChI=1S/C22H15F2N3O2S/c23-22(24)29-15-9-7-14(8-10-15)13-25-27-21(28)17-12-19(20-6-3-11-30-20)26-18-5-2-1-4-16(17)18/h1-13,22H,(H,27,28)/b25-13+. The van der Waals surface area contributed by atoms with Crippen LogP contribution in [-0.4, -0.2) is 23.7 Å². The fraction of sp³-hybridized carbons (Fsp3) is 0.0455. The number of nitrogens with one attached hydrogen (secondary N) is 1. The number of carbonyl (C=O) groups excluding carboxylic acids is 1. The van der Waals surface area contributed by atoms with Crippen molar-refractivity contribution < 1.29 is 18.3 Å². The first-order chi connectivity index (χ1) is 14.6. The number of amides is 1. The predicted molar refractivity (Wildman–Crippen MR) is 113 cm³/mol. The number of ether oxygens (including phenoxy) is 1. The highest BCUT2D eigenvalue weighted by Gasteiger charge is 2.14. The van der Waals surface area contributed by atoms with Crippen molar-refractivity contribution >= 4 is 34.4 Å². The Bertz CT molecular complexity index is 1190. The number of thiophene rings is 1. The van der Waals surface area contributed by atoms with Gasteiger partial charge in [0.05, 0.1) is 27.9 Å². The van der Waals surface area contributed by atoms with Crippen molar-refractivity contribution in [2.24, 2.45) is 5.10 Å². The molecule has 4 rings (SSSR count). The van der Waals surface area contributed by atoms with Gasteiger partial charge in [-0.15, -0.1) is 11.3 Å². The van der Waals surface area contributed by atoms with Gasteiger partial charge in [0.15, 0.2) is 0 Å². The number of carbonyl (C=O) groups is 1. The fourth-order valence-corrected chi connectivity index (χ4v) is 3.56. The maximum atomic E-state index is 12.8. The van der Waals surface area contributed by atoms with Crippen LogP contribution in [0.2, 0.25) is 0 Å². The number of pyridine rings is 1. The summed E-state index contributed by atoms with van der Waals surface area (Å²) in [5.74, 6) is -0.323. The van der Waals surface area contributed by atoms with E-state index in [-0.39, 0.29) is 11.7 Å². The maximum Gasteiger partial charge on any atom is 0.387 e. The fourth-order valence-electron chi connectivity index (χ4n) is 2.87. The molecule has 0 atom stereocenters. The molecule has 0 spiro atoms. The summed E-state index contributed by atoms with van der Waals surface area (Å²) in [7, 11) is 0. The molecule has 1 amide bonds. The van der Waals surface area contributed by atoms with Gasteiger partial charge in [-0.2, -0.15) is 13.9 Å². The lowest BCUT2D eigenvalue weighted by atomic mass is 10.1. The highest BCUT2D eigenvalue weighted by Crippen LogP contribution is 2.27. The minimum absolute atomic E-state index is 0.0514. The Morgan fingerprint density at radius 3 is 2.63 bits per heavy atom. The largest absolute Gasteiger partial charge is 0.435 e. The van der Waals surface area contributed by atoms with E-state index in [9.17, 15) is 13.6 Å². The lowest BCUT2D eigenvalue weighted by molar-refractivity contribution is -0.0498. The molecule has 0 saturated carbocycles. The SMILES string of the molecule is O=C(N/N=C/c1ccc(OC(F)F)cc1)c1cc(-c2cccs2)nc2ccccc12. The summed E-state index contributed by atoms with van der Waals surface area (Å²) < 4.78 is 28.7. The van der Waals surface area contributed by atoms with Gasteiger partial charge >= 0.3 is 6.61 Å². The average molecular weight is 423 g/mol. The molecular weight excluding hydrogens is 408 g/mol. The van der Waals surface area contributed by atoms with Crippen LogP contribution in [0.3, 0.4) is 0 Å². The minimum Gasteiger partial charge on any atom is -0.435 e. The van der Waals surface area contributed by atoms with Crippen LogP contribution in [0.5, 0.6) is 5.75 Å². The summed E-state index contributed by atoms with van der Waals surface area (Å²) in [6.07, 6.45) is 1.42. The molecule has 30 heavy (non-hydrogen) atoms. The Morgan fingerprint density at radius 1 is 1.10 bits per heavy atom. The van der Waals surface area contributed by atoms with Crippen LogP contribution in [0.4, 0.5) is 8.78 Å². The summed E-state index contributed by atoms with van der Waals surface area (Å²) in [5, 5.41) is 6.65. The monoisotopic (exact) mass is 423 g/mol. The quantitative estimate of drug-likeness (QED) is 0.337. The first-order valence-electron chi connectivity index (χ1n) is 8.92. The number of hydrogen-bond acceptors (Lipinski definition) is 5. The van der Waals surface area contributed by atoms with E-state index in [0.29, 0.717) is 22.3 Å². The van der Waals surface area contributed by atoms with E-state index in [1.807, 2.05) is 41.8 Å². The Labute approximate surface area is 174 Å². The molecule has 0 radical (unpaired) electrons. The molecule has 4 aromatic rings. The van der Waals surface area contributed by atoms with Gasteiger partial charge < -0.3 is 4.74 Å². The lowest BCUT2D eigenvalue weighted by Crippen LogP contribution is -2.18. The number of fused-ring (bicyclic) bond motifs is 1. The minimum atomic E-state index is -2.88. The van der Waals surface area contributed by atoms with Gasteiger partial charge in [-0.05, 0) is 53.4 Å². The molecule has 0 fully saturated rings. The molecule has 0 aliphatic heterocycles. The summed E-state index contributed by atoms with van der Waals surface area (Å²) in [5.41, 5.74) is 5.03.